The molecule has 96 valence electrons. The van der Waals surface area contributed by atoms with Gasteiger partial charge in [-0.2, -0.15) is 11.8 Å². The van der Waals surface area contributed by atoms with Crippen LogP contribution in [0, 0.1) is 11.8 Å². The number of likely N-dealkylation sites (tertiary alicyclic amines) is 1. The van der Waals surface area contributed by atoms with E-state index in [0.717, 1.165) is 19.3 Å². The monoisotopic (exact) mass is 257 g/mol. The van der Waals surface area contributed by atoms with Crippen LogP contribution in [-0.4, -0.2) is 46.0 Å². The standard InChI is InChI=1S/C12H19NO3S/c1-12(16,7-17-2)6-13-10(14)8-3-4-9(5-8)11(13)15/h8-9,16H,3-7H2,1-2H3. The van der Waals surface area contributed by atoms with Gasteiger partial charge in [0, 0.05) is 17.6 Å². The van der Waals surface area contributed by atoms with E-state index >= 15 is 0 Å². The third-order valence-corrected chi connectivity index (χ3v) is 4.53. The quantitative estimate of drug-likeness (QED) is 0.760. The molecule has 4 nitrogen and oxygen atoms in total. The van der Waals surface area contributed by atoms with Gasteiger partial charge in [0.25, 0.3) is 0 Å². The number of aliphatic hydroxyl groups is 1. The largest absolute Gasteiger partial charge is 0.387 e. The van der Waals surface area contributed by atoms with Crippen molar-refractivity contribution in [2.45, 2.75) is 31.8 Å². The number of hydrogen-bond acceptors (Lipinski definition) is 4. The highest BCUT2D eigenvalue weighted by Crippen LogP contribution is 2.38. The molecule has 3 atom stereocenters. The van der Waals surface area contributed by atoms with Crippen molar-refractivity contribution in [1.29, 1.82) is 0 Å². The van der Waals surface area contributed by atoms with E-state index in [4.69, 9.17) is 0 Å². The van der Waals surface area contributed by atoms with Crippen molar-refractivity contribution in [2.75, 3.05) is 18.6 Å². The molecule has 5 heteroatoms. The van der Waals surface area contributed by atoms with Crippen molar-refractivity contribution >= 4 is 23.6 Å². The number of carbonyl (C=O) groups is 2. The van der Waals surface area contributed by atoms with Gasteiger partial charge >= 0.3 is 0 Å². The summed E-state index contributed by atoms with van der Waals surface area (Å²) in [5.41, 5.74) is -0.985. The summed E-state index contributed by atoms with van der Waals surface area (Å²) in [6.45, 7) is 1.82. The molecule has 2 fully saturated rings. The zero-order chi connectivity index (χ0) is 12.6. The van der Waals surface area contributed by atoms with Crippen molar-refractivity contribution in [3.05, 3.63) is 0 Å². The van der Waals surface area contributed by atoms with Gasteiger partial charge in [-0.3, -0.25) is 14.5 Å². The first kappa shape index (κ1) is 12.9. The summed E-state index contributed by atoms with van der Waals surface area (Å²) < 4.78 is 0. The minimum absolute atomic E-state index is 0.0165. The molecule has 1 heterocycles. The van der Waals surface area contributed by atoms with Crippen LogP contribution in [0.4, 0.5) is 0 Å². The second-order valence-electron chi connectivity index (χ2n) is 5.40. The zero-order valence-corrected chi connectivity index (χ0v) is 11.1. The molecule has 2 bridgehead atoms. The summed E-state index contributed by atoms with van der Waals surface area (Å²) >= 11 is 1.52. The van der Waals surface area contributed by atoms with E-state index in [-0.39, 0.29) is 30.2 Å². The van der Waals surface area contributed by atoms with E-state index in [2.05, 4.69) is 0 Å². The van der Waals surface area contributed by atoms with Crippen LogP contribution < -0.4 is 0 Å². The van der Waals surface area contributed by atoms with Gasteiger partial charge < -0.3 is 5.11 Å². The van der Waals surface area contributed by atoms with E-state index in [1.165, 1.54) is 16.7 Å². The normalized spacial score (nSPS) is 31.8. The van der Waals surface area contributed by atoms with E-state index in [1.807, 2.05) is 6.26 Å². The summed E-state index contributed by atoms with van der Waals surface area (Å²) in [7, 11) is 0. The molecule has 2 aliphatic rings. The van der Waals surface area contributed by atoms with Crippen LogP contribution in [-0.2, 0) is 9.59 Å². The number of thioether (sulfide) groups is 1. The smallest absolute Gasteiger partial charge is 0.232 e. The van der Waals surface area contributed by atoms with E-state index in [9.17, 15) is 14.7 Å². The Balaban J connectivity index is 2.10. The van der Waals surface area contributed by atoms with Gasteiger partial charge in [0.05, 0.1) is 12.1 Å². The SMILES string of the molecule is CSCC(C)(O)CN1C(=O)C2CCC(C2)C1=O. The second kappa shape index (κ2) is 4.61. The molecule has 1 aliphatic heterocycles. The number of amides is 2. The minimum atomic E-state index is -0.985. The summed E-state index contributed by atoms with van der Waals surface area (Å²) in [6.07, 6.45) is 4.28. The van der Waals surface area contributed by atoms with Crippen molar-refractivity contribution < 1.29 is 14.7 Å². The highest BCUT2D eigenvalue weighted by Gasteiger charge is 2.46. The first-order chi connectivity index (χ1) is 7.94. The average molecular weight is 257 g/mol. The third kappa shape index (κ3) is 2.50. The molecule has 2 amide bonds. The summed E-state index contributed by atoms with van der Waals surface area (Å²) in [6, 6.07) is 0. The van der Waals surface area contributed by atoms with Gasteiger partial charge in [0.1, 0.15) is 0 Å². The Morgan fingerprint density at radius 1 is 1.35 bits per heavy atom. The molecule has 1 saturated heterocycles. The molecule has 1 aliphatic carbocycles. The fraction of sp³-hybridized carbons (Fsp3) is 0.833. The lowest BCUT2D eigenvalue weighted by Gasteiger charge is -2.34. The van der Waals surface area contributed by atoms with Crippen LogP contribution in [0.25, 0.3) is 0 Å². The molecular weight excluding hydrogens is 238 g/mol. The first-order valence-electron chi connectivity index (χ1n) is 6.01. The number of fused-ring (bicyclic) bond motifs is 2. The minimum Gasteiger partial charge on any atom is -0.387 e. The Bertz CT molecular complexity index is 321. The van der Waals surface area contributed by atoms with Crippen LogP contribution in [0.3, 0.4) is 0 Å². The molecule has 1 N–H and O–H groups in total. The highest BCUT2D eigenvalue weighted by atomic mass is 32.2. The second-order valence-corrected chi connectivity index (χ2v) is 6.27. The predicted molar refractivity (Wildman–Crippen MR) is 66.6 cm³/mol. The van der Waals surface area contributed by atoms with E-state index < -0.39 is 5.60 Å². The summed E-state index contributed by atoms with van der Waals surface area (Å²) in [4.78, 5) is 25.4. The number of rotatable bonds is 4. The van der Waals surface area contributed by atoms with Crippen molar-refractivity contribution in [1.82, 2.24) is 4.90 Å². The Hall–Kier alpha value is -0.550. The lowest BCUT2D eigenvalue weighted by Crippen LogP contribution is -2.53. The first-order valence-corrected chi connectivity index (χ1v) is 7.40. The molecule has 0 radical (unpaired) electrons. The Morgan fingerprint density at radius 2 is 1.88 bits per heavy atom. The molecule has 1 saturated carbocycles. The number of nitrogens with zero attached hydrogens (tertiary/aromatic N) is 1. The van der Waals surface area contributed by atoms with Crippen LogP contribution in [0.2, 0.25) is 0 Å². The maximum Gasteiger partial charge on any atom is 0.232 e. The lowest BCUT2D eigenvalue weighted by atomic mass is 9.95. The Kier molecular flexibility index (Phi) is 3.50. The lowest BCUT2D eigenvalue weighted by molar-refractivity contribution is -0.156. The number of β-amino-alcohol motifs (C(OH)–C–C–N with tert-alkyl or cyclic N) is 1. The number of hydrogen-bond donors (Lipinski definition) is 1. The molecule has 17 heavy (non-hydrogen) atoms. The number of imide groups is 1. The van der Waals surface area contributed by atoms with E-state index in [0.29, 0.717) is 5.75 Å². The molecule has 0 spiro atoms. The van der Waals surface area contributed by atoms with Gasteiger partial charge in [0.15, 0.2) is 0 Å². The van der Waals surface area contributed by atoms with Crippen LogP contribution in [0.5, 0.6) is 0 Å². The molecule has 3 unspecified atom stereocenters. The van der Waals surface area contributed by atoms with Gasteiger partial charge in [-0.25, -0.2) is 0 Å². The zero-order valence-electron chi connectivity index (χ0n) is 10.3. The molecule has 0 aromatic heterocycles. The van der Waals surface area contributed by atoms with E-state index in [1.54, 1.807) is 6.92 Å². The molecular formula is C12H19NO3S. The van der Waals surface area contributed by atoms with Gasteiger partial charge in [-0.05, 0) is 32.4 Å². The average Bonchev–Trinajstić information content (AvgIpc) is 2.68. The van der Waals surface area contributed by atoms with Crippen molar-refractivity contribution in [3.63, 3.8) is 0 Å². The highest BCUT2D eigenvalue weighted by molar-refractivity contribution is 7.98. The summed E-state index contributed by atoms with van der Waals surface area (Å²) in [5.74, 6) is 0.403. The molecule has 2 rings (SSSR count). The predicted octanol–water partition coefficient (Wildman–Crippen LogP) is 0.885. The van der Waals surface area contributed by atoms with Crippen LogP contribution in [0.15, 0.2) is 0 Å². The third-order valence-electron chi connectivity index (χ3n) is 3.62. The summed E-state index contributed by atoms with van der Waals surface area (Å²) in [5, 5.41) is 10.1. The van der Waals surface area contributed by atoms with Crippen molar-refractivity contribution in [2.24, 2.45) is 11.8 Å². The number of carbonyl (C=O) groups excluding carboxylic acids is 2. The maximum atomic E-state index is 12.1. The number of piperidine rings is 1. The molecule has 0 aromatic carbocycles. The van der Waals surface area contributed by atoms with Gasteiger partial charge in [0.2, 0.25) is 11.8 Å². The Morgan fingerprint density at radius 3 is 2.35 bits per heavy atom. The van der Waals surface area contributed by atoms with Gasteiger partial charge in [-0.15, -0.1) is 0 Å². The fourth-order valence-corrected chi connectivity index (χ4v) is 3.55. The topological polar surface area (TPSA) is 57.6 Å². The maximum absolute atomic E-state index is 12.1. The fourth-order valence-electron chi connectivity index (χ4n) is 2.83. The van der Waals surface area contributed by atoms with Crippen LogP contribution >= 0.6 is 11.8 Å². The van der Waals surface area contributed by atoms with Gasteiger partial charge in [-0.1, -0.05) is 0 Å². The van der Waals surface area contributed by atoms with Crippen molar-refractivity contribution in [3.8, 4) is 0 Å². The molecule has 0 aromatic rings. The van der Waals surface area contributed by atoms with Crippen LogP contribution in [0.1, 0.15) is 26.2 Å². The Labute approximate surface area is 106 Å².